The Morgan fingerprint density at radius 2 is 1.90 bits per heavy atom. The summed E-state index contributed by atoms with van der Waals surface area (Å²) in [6.45, 7) is 9.25. The number of amides is 2. The van der Waals surface area contributed by atoms with Crippen LogP contribution in [0.25, 0.3) is 0 Å². The van der Waals surface area contributed by atoms with Crippen LogP contribution in [0.2, 0.25) is 0 Å². The maximum absolute atomic E-state index is 12.7. The Labute approximate surface area is 126 Å². The third-order valence-corrected chi connectivity index (χ3v) is 5.18. The van der Waals surface area contributed by atoms with Gasteiger partial charge in [-0.15, -0.1) is 0 Å². The molecule has 2 unspecified atom stereocenters. The fourth-order valence-electron chi connectivity index (χ4n) is 3.49. The fourth-order valence-corrected chi connectivity index (χ4v) is 3.49. The maximum Gasteiger partial charge on any atom is 0.320 e. The van der Waals surface area contributed by atoms with Crippen molar-refractivity contribution in [1.29, 1.82) is 0 Å². The van der Waals surface area contributed by atoms with Gasteiger partial charge in [0.2, 0.25) is 0 Å². The topological polar surface area (TPSA) is 64.1 Å². The molecular weight excluding hydrogens is 270 g/mol. The summed E-state index contributed by atoms with van der Waals surface area (Å²) in [5.41, 5.74) is -0.786. The SMILES string of the molecule is CC1CN(C)CCN1C(=O)N1CCC(C(=O)O)(C(C)C)C1. The van der Waals surface area contributed by atoms with Gasteiger partial charge in [0, 0.05) is 38.8 Å². The van der Waals surface area contributed by atoms with Crippen molar-refractivity contribution in [3.8, 4) is 0 Å². The molecule has 6 heteroatoms. The Morgan fingerprint density at radius 3 is 2.38 bits per heavy atom. The van der Waals surface area contributed by atoms with Crippen LogP contribution in [0.5, 0.6) is 0 Å². The number of piperazine rings is 1. The fraction of sp³-hybridized carbons (Fsp3) is 0.867. The summed E-state index contributed by atoms with van der Waals surface area (Å²) in [6.07, 6.45) is 0.549. The Bertz CT molecular complexity index is 426. The maximum atomic E-state index is 12.7. The first-order valence-electron chi connectivity index (χ1n) is 7.75. The number of carbonyl (C=O) groups is 2. The van der Waals surface area contributed by atoms with Gasteiger partial charge in [-0.1, -0.05) is 13.8 Å². The monoisotopic (exact) mass is 297 g/mol. The number of aliphatic carboxylic acids is 1. The molecule has 0 aromatic heterocycles. The number of hydrogen-bond donors (Lipinski definition) is 1. The number of carbonyl (C=O) groups excluding carboxylic acids is 1. The standard InChI is InChI=1S/C15H27N3O3/c1-11(2)15(13(19)20)5-6-17(10-15)14(21)18-8-7-16(4)9-12(18)3/h11-12H,5-10H2,1-4H3,(H,19,20). The van der Waals surface area contributed by atoms with E-state index in [1.807, 2.05) is 18.7 Å². The van der Waals surface area contributed by atoms with Crippen molar-refractivity contribution < 1.29 is 14.7 Å². The van der Waals surface area contributed by atoms with E-state index < -0.39 is 11.4 Å². The molecule has 1 N–H and O–H groups in total. The van der Waals surface area contributed by atoms with Crippen LogP contribution in [0.3, 0.4) is 0 Å². The zero-order chi connectivity index (χ0) is 15.8. The Kier molecular flexibility index (Phi) is 4.46. The summed E-state index contributed by atoms with van der Waals surface area (Å²) < 4.78 is 0. The van der Waals surface area contributed by atoms with Gasteiger partial charge in [-0.25, -0.2) is 4.79 Å². The molecule has 2 heterocycles. The lowest BCUT2D eigenvalue weighted by Crippen LogP contribution is -2.56. The van der Waals surface area contributed by atoms with E-state index in [1.54, 1.807) is 4.90 Å². The van der Waals surface area contributed by atoms with E-state index in [2.05, 4.69) is 18.9 Å². The molecule has 2 aliphatic heterocycles. The molecule has 0 aromatic rings. The van der Waals surface area contributed by atoms with Gasteiger partial charge >= 0.3 is 12.0 Å². The summed E-state index contributed by atoms with van der Waals surface area (Å²) in [5.74, 6) is -0.753. The van der Waals surface area contributed by atoms with Crippen LogP contribution in [0.15, 0.2) is 0 Å². The number of likely N-dealkylation sites (tertiary alicyclic amines) is 1. The zero-order valence-corrected chi connectivity index (χ0v) is 13.5. The minimum absolute atomic E-state index is 0.000579. The van der Waals surface area contributed by atoms with E-state index in [0.29, 0.717) is 19.5 Å². The predicted octanol–water partition coefficient (Wildman–Crippen LogP) is 1.18. The summed E-state index contributed by atoms with van der Waals surface area (Å²) in [6, 6.07) is 0.175. The number of carboxylic acid groups (broad SMARTS) is 1. The van der Waals surface area contributed by atoms with E-state index in [9.17, 15) is 14.7 Å². The lowest BCUT2D eigenvalue weighted by molar-refractivity contribution is -0.150. The molecule has 0 bridgehead atoms. The molecule has 0 aliphatic carbocycles. The van der Waals surface area contributed by atoms with E-state index >= 15 is 0 Å². The Morgan fingerprint density at radius 1 is 1.24 bits per heavy atom. The van der Waals surface area contributed by atoms with Gasteiger partial charge in [0.05, 0.1) is 5.41 Å². The van der Waals surface area contributed by atoms with Gasteiger partial charge in [0.25, 0.3) is 0 Å². The normalized spacial score (nSPS) is 31.0. The van der Waals surface area contributed by atoms with Gasteiger partial charge in [0.15, 0.2) is 0 Å². The molecule has 0 spiro atoms. The summed E-state index contributed by atoms with van der Waals surface area (Å²) >= 11 is 0. The third-order valence-electron chi connectivity index (χ3n) is 5.18. The Balaban J connectivity index is 2.07. The average Bonchev–Trinajstić information content (AvgIpc) is 2.84. The lowest BCUT2D eigenvalue weighted by atomic mass is 9.76. The van der Waals surface area contributed by atoms with Crippen LogP contribution < -0.4 is 0 Å². The van der Waals surface area contributed by atoms with Gasteiger partial charge < -0.3 is 19.8 Å². The van der Waals surface area contributed by atoms with Gasteiger partial charge in [-0.3, -0.25) is 4.79 Å². The molecule has 0 saturated carbocycles. The number of likely N-dealkylation sites (N-methyl/N-ethyl adjacent to an activating group) is 1. The highest BCUT2D eigenvalue weighted by molar-refractivity contribution is 5.80. The van der Waals surface area contributed by atoms with Crippen LogP contribution in [0.1, 0.15) is 27.2 Å². The molecule has 2 rings (SSSR count). The first kappa shape index (κ1) is 16.1. The summed E-state index contributed by atoms with van der Waals surface area (Å²) in [4.78, 5) is 30.2. The molecule has 2 aliphatic rings. The van der Waals surface area contributed by atoms with E-state index in [-0.39, 0.29) is 18.0 Å². The molecule has 2 fully saturated rings. The molecule has 0 aromatic carbocycles. The molecule has 2 amide bonds. The number of nitrogens with zero attached hydrogens (tertiary/aromatic N) is 3. The highest BCUT2D eigenvalue weighted by atomic mass is 16.4. The summed E-state index contributed by atoms with van der Waals surface area (Å²) in [5, 5.41) is 9.57. The van der Waals surface area contributed by atoms with Crippen LogP contribution in [0, 0.1) is 11.3 Å². The van der Waals surface area contributed by atoms with Crippen molar-refractivity contribution in [3.63, 3.8) is 0 Å². The number of carboxylic acids is 1. The van der Waals surface area contributed by atoms with E-state index in [0.717, 1.165) is 19.6 Å². The predicted molar refractivity (Wildman–Crippen MR) is 80.2 cm³/mol. The van der Waals surface area contributed by atoms with Crippen molar-refractivity contribution in [2.24, 2.45) is 11.3 Å². The third kappa shape index (κ3) is 2.86. The second-order valence-corrected chi connectivity index (χ2v) is 6.87. The van der Waals surface area contributed by atoms with E-state index in [1.165, 1.54) is 0 Å². The van der Waals surface area contributed by atoms with Crippen LogP contribution in [-0.2, 0) is 4.79 Å². The number of urea groups is 1. The van der Waals surface area contributed by atoms with Crippen LogP contribution in [-0.4, -0.2) is 77.6 Å². The zero-order valence-electron chi connectivity index (χ0n) is 13.5. The summed E-state index contributed by atoms with van der Waals surface area (Å²) in [7, 11) is 2.06. The van der Waals surface area contributed by atoms with Gasteiger partial charge in [-0.2, -0.15) is 0 Å². The van der Waals surface area contributed by atoms with Crippen molar-refractivity contribution in [2.45, 2.75) is 33.2 Å². The minimum atomic E-state index is -0.786. The van der Waals surface area contributed by atoms with Crippen LogP contribution >= 0.6 is 0 Å². The second kappa shape index (κ2) is 5.83. The number of rotatable bonds is 2. The Hall–Kier alpha value is -1.30. The molecule has 120 valence electrons. The molecule has 21 heavy (non-hydrogen) atoms. The molecular formula is C15H27N3O3. The number of hydrogen-bond acceptors (Lipinski definition) is 3. The average molecular weight is 297 g/mol. The van der Waals surface area contributed by atoms with Crippen molar-refractivity contribution in [1.82, 2.24) is 14.7 Å². The minimum Gasteiger partial charge on any atom is -0.481 e. The highest BCUT2D eigenvalue weighted by Crippen LogP contribution is 2.38. The van der Waals surface area contributed by atoms with Crippen molar-refractivity contribution in [2.75, 3.05) is 39.8 Å². The first-order valence-corrected chi connectivity index (χ1v) is 7.75. The largest absolute Gasteiger partial charge is 0.481 e. The molecule has 2 saturated heterocycles. The van der Waals surface area contributed by atoms with Gasteiger partial charge in [0.1, 0.15) is 0 Å². The molecule has 6 nitrogen and oxygen atoms in total. The quantitative estimate of drug-likeness (QED) is 0.831. The van der Waals surface area contributed by atoms with E-state index in [4.69, 9.17) is 0 Å². The first-order chi connectivity index (χ1) is 9.78. The molecule has 2 atom stereocenters. The van der Waals surface area contributed by atoms with Gasteiger partial charge in [-0.05, 0) is 26.3 Å². The van der Waals surface area contributed by atoms with Crippen molar-refractivity contribution >= 4 is 12.0 Å². The highest BCUT2D eigenvalue weighted by Gasteiger charge is 2.49. The smallest absolute Gasteiger partial charge is 0.320 e. The van der Waals surface area contributed by atoms with Crippen molar-refractivity contribution in [3.05, 3.63) is 0 Å². The van der Waals surface area contributed by atoms with Crippen LogP contribution in [0.4, 0.5) is 4.79 Å². The second-order valence-electron chi connectivity index (χ2n) is 6.87. The lowest BCUT2D eigenvalue weighted by Gasteiger charge is -2.40. The molecule has 0 radical (unpaired) electrons.